The molecule has 5 nitrogen and oxygen atoms in total. The Bertz CT molecular complexity index is 906. The molecular weight excluding hydrogens is 344 g/mol. The van der Waals surface area contributed by atoms with E-state index in [4.69, 9.17) is 11.6 Å². The van der Waals surface area contributed by atoms with Gasteiger partial charge in [-0.05, 0) is 18.2 Å². The van der Waals surface area contributed by atoms with Crippen LogP contribution in [0, 0.1) is 0 Å². The molecule has 0 fully saturated rings. The van der Waals surface area contributed by atoms with Crippen LogP contribution in [-0.2, 0) is 11.8 Å². The zero-order chi connectivity index (χ0) is 16.9. The highest BCUT2D eigenvalue weighted by Gasteiger charge is 2.09. The maximum absolute atomic E-state index is 11.9. The molecule has 0 atom stereocenters. The highest BCUT2D eigenvalue weighted by Crippen LogP contribution is 2.22. The van der Waals surface area contributed by atoms with E-state index in [-0.39, 0.29) is 11.7 Å². The summed E-state index contributed by atoms with van der Waals surface area (Å²) >= 11 is 7.39. The van der Waals surface area contributed by atoms with Gasteiger partial charge < -0.3 is 4.57 Å². The van der Waals surface area contributed by atoms with Gasteiger partial charge in [0.1, 0.15) is 0 Å². The summed E-state index contributed by atoms with van der Waals surface area (Å²) in [6, 6.07) is 15.2. The Morgan fingerprint density at radius 1 is 1.29 bits per heavy atom. The Labute approximate surface area is 148 Å². The lowest BCUT2D eigenvalue weighted by Crippen LogP contribution is -2.19. The number of aryl methyl sites for hydroxylation is 1. The third-order valence-corrected chi connectivity index (χ3v) is 4.75. The van der Waals surface area contributed by atoms with E-state index in [1.54, 1.807) is 6.07 Å². The van der Waals surface area contributed by atoms with Crippen molar-refractivity contribution in [3.05, 3.63) is 59.1 Å². The van der Waals surface area contributed by atoms with E-state index in [0.717, 1.165) is 21.8 Å². The van der Waals surface area contributed by atoms with Crippen LogP contribution in [-0.4, -0.2) is 27.4 Å². The first-order chi connectivity index (χ1) is 11.6. The lowest BCUT2D eigenvalue weighted by atomic mass is 10.2. The van der Waals surface area contributed by atoms with Crippen molar-refractivity contribution in [1.29, 1.82) is 0 Å². The van der Waals surface area contributed by atoms with Gasteiger partial charge >= 0.3 is 0 Å². The number of imidazole rings is 1. The van der Waals surface area contributed by atoms with E-state index in [1.807, 2.05) is 54.1 Å². The summed E-state index contributed by atoms with van der Waals surface area (Å²) in [5.41, 5.74) is 5.20. The molecule has 3 aromatic rings. The smallest absolute Gasteiger partial charge is 0.250 e. The number of hydrogen-bond donors (Lipinski definition) is 1. The van der Waals surface area contributed by atoms with E-state index >= 15 is 0 Å². The number of hydrazone groups is 1. The molecule has 0 bridgehead atoms. The van der Waals surface area contributed by atoms with Gasteiger partial charge in [0.15, 0.2) is 5.16 Å². The molecule has 1 heterocycles. The maximum Gasteiger partial charge on any atom is 0.250 e. The number of amides is 1. The van der Waals surface area contributed by atoms with Gasteiger partial charge in [-0.3, -0.25) is 4.79 Å². The van der Waals surface area contributed by atoms with E-state index in [9.17, 15) is 4.79 Å². The Morgan fingerprint density at radius 3 is 2.83 bits per heavy atom. The summed E-state index contributed by atoms with van der Waals surface area (Å²) < 4.78 is 1.97. The summed E-state index contributed by atoms with van der Waals surface area (Å²) in [6.45, 7) is 0. The van der Waals surface area contributed by atoms with Crippen LogP contribution in [0.5, 0.6) is 0 Å². The molecule has 0 saturated carbocycles. The van der Waals surface area contributed by atoms with Crippen molar-refractivity contribution < 1.29 is 4.79 Å². The minimum absolute atomic E-state index is 0.199. The molecule has 0 unspecified atom stereocenters. The number of rotatable bonds is 5. The minimum atomic E-state index is -0.199. The summed E-state index contributed by atoms with van der Waals surface area (Å²) in [5, 5.41) is 5.31. The highest BCUT2D eigenvalue weighted by molar-refractivity contribution is 7.99. The number of carbonyl (C=O) groups excluding carboxylic acids is 1. The molecule has 0 aliphatic rings. The lowest BCUT2D eigenvalue weighted by molar-refractivity contribution is -0.118. The fourth-order valence-corrected chi connectivity index (χ4v) is 3.13. The van der Waals surface area contributed by atoms with Crippen LogP contribution in [0.1, 0.15) is 5.56 Å². The molecule has 1 aromatic heterocycles. The van der Waals surface area contributed by atoms with Gasteiger partial charge in [0.25, 0.3) is 5.91 Å². The number of carbonyl (C=O) groups is 1. The summed E-state index contributed by atoms with van der Waals surface area (Å²) in [6.07, 6.45) is 1.53. The SMILES string of the molecule is Cn1c(SCC(=O)N/N=C/c2ccccc2Cl)nc2ccccc21. The van der Waals surface area contributed by atoms with Gasteiger partial charge in [0, 0.05) is 17.6 Å². The number of fused-ring (bicyclic) bond motifs is 1. The fourth-order valence-electron chi connectivity index (χ4n) is 2.17. The van der Waals surface area contributed by atoms with Crippen LogP contribution in [0.3, 0.4) is 0 Å². The average Bonchev–Trinajstić information content (AvgIpc) is 2.91. The molecule has 1 amide bonds. The molecule has 1 N–H and O–H groups in total. The van der Waals surface area contributed by atoms with Gasteiger partial charge in [-0.1, -0.05) is 53.7 Å². The zero-order valence-corrected chi connectivity index (χ0v) is 14.5. The molecule has 0 spiro atoms. The van der Waals surface area contributed by atoms with E-state index in [0.29, 0.717) is 5.02 Å². The molecule has 0 aliphatic heterocycles. The van der Waals surface area contributed by atoms with Gasteiger partial charge in [0.05, 0.1) is 23.0 Å². The van der Waals surface area contributed by atoms with Gasteiger partial charge in [0.2, 0.25) is 0 Å². The van der Waals surface area contributed by atoms with Crippen molar-refractivity contribution in [3.63, 3.8) is 0 Å². The van der Waals surface area contributed by atoms with E-state index < -0.39 is 0 Å². The van der Waals surface area contributed by atoms with Crippen LogP contribution in [0.25, 0.3) is 11.0 Å². The van der Waals surface area contributed by atoms with Crippen molar-refractivity contribution in [2.75, 3.05) is 5.75 Å². The topological polar surface area (TPSA) is 59.3 Å². The quantitative estimate of drug-likeness (QED) is 0.431. The molecule has 7 heteroatoms. The van der Waals surface area contributed by atoms with Crippen LogP contribution in [0.15, 0.2) is 58.8 Å². The van der Waals surface area contributed by atoms with Gasteiger partial charge in [-0.15, -0.1) is 0 Å². The molecule has 0 saturated heterocycles. The number of thioether (sulfide) groups is 1. The van der Waals surface area contributed by atoms with Crippen LogP contribution >= 0.6 is 23.4 Å². The summed E-state index contributed by atoms with van der Waals surface area (Å²) in [7, 11) is 1.94. The standard InChI is InChI=1S/C17H15ClN4OS/c1-22-15-9-5-4-8-14(15)20-17(22)24-11-16(23)21-19-10-12-6-2-3-7-13(12)18/h2-10H,11H2,1H3,(H,21,23)/b19-10+. The first-order valence-corrected chi connectivity index (χ1v) is 8.62. The van der Waals surface area contributed by atoms with Crippen LogP contribution in [0.4, 0.5) is 0 Å². The van der Waals surface area contributed by atoms with Crippen molar-refractivity contribution >= 4 is 46.5 Å². The van der Waals surface area contributed by atoms with Gasteiger partial charge in [-0.25, -0.2) is 10.4 Å². The van der Waals surface area contributed by atoms with Crippen molar-refractivity contribution in [2.24, 2.45) is 12.1 Å². The number of aromatic nitrogens is 2. The first-order valence-electron chi connectivity index (χ1n) is 7.26. The number of benzene rings is 2. The predicted molar refractivity (Wildman–Crippen MR) is 98.6 cm³/mol. The van der Waals surface area contributed by atoms with Crippen LogP contribution < -0.4 is 5.43 Å². The second kappa shape index (κ2) is 7.51. The molecule has 122 valence electrons. The minimum Gasteiger partial charge on any atom is -0.322 e. The molecule has 24 heavy (non-hydrogen) atoms. The molecule has 0 radical (unpaired) electrons. The largest absolute Gasteiger partial charge is 0.322 e. The Morgan fingerprint density at radius 2 is 2.04 bits per heavy atom. The fraction of sp³-hybridized carbons (Fsp3) is 0.118. The van der Waals surface area contributed by atoms with E-state index in [1.165, 1.54) is 18.0 Å². The predicted octanol–water partition coefficient (Wildman–Crippen LogP) is 3.47. The number of hydrogen-bond acceptors (Lipinski definition) is 4. The normalized spacial score (nSPS) is 11.2. The number of halogens is 1. The summed E-state index contributed by atoms with van der Waals surface area (Å²) in [4.78, 5) is 16.4. The Balaban J connectivity index is 1.57. The van der Waals surface area contributed by atoms with E-state index in [2.05, 4.69) is 15.5 Å². The third kappa shape index (κ3) is 3.77. The van der Waals surface area contributed by atoms with Crippen LogP contribution in [0.2, 0.25) is 5.02 Å². The lowest BCUT2D eigenvalue weighted by Gasteiger charge is -2.02. The highest BCUT2D eigenvalue weighted by atomic mass is 35.5. The molecule has 0 aliphatic carbocycles. The third-order valence-electron chi connectivity index (χ3n) is 3.38. The summed E-state index contributed by atoms with van der Waals surface area (Å²) in [5.74, 6) is 0.0344. The number of nitrogens with one attached hydrogen (secondary N) is 1. The Hall–Kier alpha value is -2.31. The second-order valence-corrected chi connectivity index (χ2v) is 6.40. The van der Waals surface area contributed by atoms with Crippen molar-refractivity contribution in [1.82, 2.24) is 15.0 Å². The Kier molecular flexibility index (Phi) is 5.17. The van der Waals surface area contributed by atoms with Crippen molar-refractivity contribution in [2.45, 2.75) is 5.16 Å². The molecular formula is C17H15ClN4OS. The first kappa shape index (κ1) is 16.5. The zero-order valence-electron chi connectivity index (χ0n) is 12.9. The van der Waals surface area contributed by atoms with Crippen molar-refractivity contribution in [3.8, 4) is 0 Å². The second-order valence-electron chi connectivity index (χ2n) is 5.05. The molecule has 2 aromatic carbocycles. The average molecular weight is 359 g/mol. The number of nitrogens with zero attached hydrogens (tertiary/aromatic N) is 3. The number of para-hydroxylation sites is 2. The monoisotopic (exact) mass is 358 g/mol. The van der Waals surface area contributed by atoms with Gasteiger partial charge in [-0.2, -0.15) is 5.10 Å². The maximum atomic E-state index is 11.9. The molecule has 3 rings (SSSR count).